The Morgan fingerprint density at radius 2 is 1.91 bits per heavy atom. The minimum Gasteiger partial charge on any atom is -0.333 e. The van der Waals surface area contributed by atoms with Crippen LogP contribution in [-0.2, 0) is 9.59 Å². The molecule has 1 saturated heterocycles. The molecule has 0 saturated carbocycles. The van der Waals surface area contributed by atoms with Gasteiger partial charge < -0.3 is 10.2 Å². The SMILES string of the molecule is O=C(CN1CCCCCC1=O)NNC(=S)Nc1ccc(Cl)cc1. The maximum absolute atomic E-state index is 11.9. The summed E-state index contributed by atoms with van der Waals surface area (Å²) in [5.74, 6) is -0.278. The van der Waals surface area contributed by atoms with Crippen molar-refractivity contribution in [2.75, 3.05) is 18.4 Å². The molecule has 0 radical (unpaired) electrons. The van der Waals surface area contributed by atoms with Crippen LogP contribution in [0.3, 0.4) is 0 Å². The number of nitrogens with one attached hydrogen (secondary N) is 3. The maximum Gasteiger partial charge on any atom is 0.257 e. The smallest absolute Gasteiger partial charge is 0.257 e. The molecule has 1 aliphatic heterocycles. The summed E-state index contributed by atoms with van der Waals surface area (Å²) >= 11 is 10.9. The molecule has 1 heterocycles. The zero-order valence-corrected chi connectivity index (χ0v) is 14.2. The third-order valence-electron chi connectivity index (χ3n) is 3.42. The van der Waals surface area contributed by atoms with Crippen molar-refractivity contribution in [3.63, 3.8) is 0 Å². The van der Waals surface area contributed by atoms with Gasteiger partial charge in [-0.2, -0.15) is 0 Å². The molecule has 23 heavy (non-hydrogen) atoms. The molecule has 2 amide bonds. The van der Waals surface area contributed by atoms with Crippen molar-refractivity contribution in [1.82, 2.24) is 15.8 Å². The number of halogens is 1. The number of anilines is 1. The van der Waals surface area contributed by atoms with Gasteiger partial charge in [-0.3, -0.25) is 20.4 Å². The van der Waals surface area contributed by atoms with Crippen molar-refractivity contribution >= 4 is 46.4 Å². The second-order valence-corrected chi connectivity index (χ2v) is 6.10. The van der Waals surface area contributed by atoms with Crippen molar-refractivity contribution in [2.24, 2.45) is 0 Å². The third-order valence-corrected chi connectivity index (χ3v) is 3.88. The lowest BCUT2D eigenvalue weighted by atomic mass is 10.2. The van der Waals surface area contributed by atoms with E-state index in [1.54, 1.807) is 29.2 Å². The number of nitrogens with zero attached hydrogens (tertiary/aromatic N) is 1. The first-order valence-corrected chi connectivity index (χ1v) is 8.22. The van der Waals surface area contributed by atoms with E-state index in [1.165, 1.54) is 0 Å². The number of benzene rings is 1. The molecular formula is C15H19ClN4O2S. The molecule has 0 aliphatic carbocycles. The lowest BCUT2D eigenvalue weighted by molar-refractivity contribution is -0.135. The minimum absolute atomic E-state index is 0.0273. The topological polar surface area (TPSA) is 73.5 Å². The van der Waals surface area contributed by atoms with E-state index in [0.29, 0.717) is 18.0 Å². The van der Waals surface area contributed by atoms with Gasteiger partial charge in [0.05, 0.1) is 0 Å². The van der Waals surface area contributed by atoms with Crippen LogP contribution in [0.2, 0.25) is 5.02 Å². The molecule has 0 spiro atoms. The molecule has 3 N–H and O–H groups in total. The number of likely N-dealkylation sites (tertiary alicyclic amines) is 1. The quantitative estimate of drug-likeness (QED) is 0.572. The van der Waals surface area contributed by atoms with E-state index in [2.05, 4.69) is 16.2 Å². The zero-order chi connectivity index (χ0) is 16.7. The fourth-order valence-corrected chi connectivity index (χ4v) is 2.54. The Labute approximate surface area is 145 Å². The van der Waals surface area contributed by atoms with E-state index in [1.807, 2.05) is 0 Å². The highest BCUT2D eigenvalue weighted by Crippen LogP contribution is 2.13. The molecular weight excluding hydrogens is 336 g/mol. The second kappa shape index (κ2) is 8.69. The summed E-state index contributed by atoms with van der Waals surface area (Å²) in [7, 11) is 0. The van der Waals surface area contributed by atoms with Crippen LogP contribution >= 0.6 is 23.8 Å². The van der Waals surface area contributed by atoms with Crippen LogP contribution in [0.4, 0.5) is 5.69 Å². The molecule has 8 heteroatoms. The average Bonchev–Trinajstić information content (AvgIpc) is 2.73. The van der Waals surface area contributed by atoms with Gasteiger partial charge in [-0.25, -0.2) is 0 Å². The Morgan fingerprint density at radius 1 is 1.17 bits per heavy atom. The average molecular weight is 355 g/mol. The molecule has 0 bridgehead atoms. The number of amides is 2. The van der Waals surface area contributed by atoms with Gasteiger partial charge in [-0.05, 0) is 49.3 Å². The van der Waals surface area contributed by atoms with Gasteiger partial charge in [0, 0.05) is 23.7 Å². The molecule has 6 nitrogen and oxygen atoms in total. The van der Waals surface area contributed by atoms with E-state index in [0.717, 1.165) is 24.9 Å². The van der Waals surface area contributed by atoms with E-state index in [9.17, 15) is 9.59 Å². The van der Waals surface area contributed by atoms with E-state index in [-0.39, 0.29) is 23.5 Å². The van der Waals surface area contributed by atoms with E-state index in [4.69, 9.17) is 23.8 Å². The fourth-order valence-electron chi connectivity index (χ4n) is 2.24. The first-order valence-electron chi connectivity index (χ1n) is 7.44. The van der Waals surface area contributed by atoms with Crippen LogP contribution < -0.4 is 16.2 Å². The summed E-state index contributed by atoms with van der Waals surface area (Å²) < 4.78 is 0. The van der Waals surface area contributed by atoms with Crippen LogP contribution in [0.25, 0.3) is 0 Å². The molecule has 1 aromatic rings. The lowest BCUT2D eigenvalue weighted by Crippen LogP contribution is -2.48. The van der Waals surface area contributed by atoms with Gasteiger partial charge in [0.25, 0.3) is 5.91 Å². The normalized spacial score (nSPS) is 14.8. The van der Waals surface area contributed by atoms with Gasteiger partial charge in [0.2, 0.25) is 5.91 Å². The largest absolute Gasteiger partial charge is 0.333 e. The highest BCUT2D eigenvalue weighted by Gasteiger charge is 2.19. The highest BCUT2D eigenvalue weighted by molar-refractivity contribution is 7.80. The Morgan fingerprint density at radius 3 is 2.65 bits per heavy atom. The Hall–Kier alpha value is -1.86. The monoisotopic (exact) mass is 354 g/mol. The number of carbonyl (C=O) groups is 2. The molecule has 0 unspecified atom stereocenters. The van der Waals surface area contributed by atoms with Gasteiger partial charge >= 0.3 is 0 Å². The van der Waals surface area contributed by atoms with Crippen molar-refractivity contribution in [1.29, 1.82) is 0 Å². The van der Waals surface area contributed by atoms with Crippen LogP contribution in [0.5, 0.6) is 0 Å². The molecule has 1 fully saturated rings. The van der Waals surface area contributed by atoms with Gasteiger partial charge in [0.1, 0.15) is 6.54 Å². The number of hydrogen-bond acceptors (Lipinski definition) is 3. The predicted molar refractivity (Wildman–Crippen MR) is 94.0 cm³/mol. The Kier molecular flexibility index (Phi) is 6.61. The molecule has 0 aromatic heterocycles. The summed E-state index contributed by atoms with van der Waals surface area (Å²) in [5, 5.41) is 3.80. The van der Waals surface area contributed by atoms with Gasteiger partial charge in [-0.15, -0.1) is 0 Å². The van der Waals surface area contributed by atoms with Crippen LogP contribution in [0, 0.1) is 0 Å². The lowest BCUT2D eigenvalue weighted by Gasteiger charge is -2.20. The van der Waals surface area contributed by atoms with E-state index < -0.39 is 0 Å². The molecule has 0 atom stereocenters. The Bertz CT molecular complexity index is 579. The summed E-state index contributed by atoms with van der Waals surface area (Å²) in [4.78, 5) is 25.3. The summed E-state index contributed by atoms with van der Waals surface area (Å²) in [6.07, 6.45) is 3.36. The number of rotatable bonds is 3. The third kappa shape index (κ3) is 6.03. The predicted octanol–water partition coefficient (Wildman–Crippen LogP) is 2.06. The molecule has 1 aromatic carbocycles. The zero-order valence-electron chi connectivity index (χ0n) is 12.6. The molecule has 1 aliphatic rings. The standard InChI is InChI=1S/C15H19ClN4O2S/c16-11-5-7-12(8-6-11)17-15(23)19-18-13(21)10-20-9-3-1-2-4-14(20)22/h5-8H,1-4,9-10H2,(H,18,21)(H2,17,19,23). The number of hydrogen-bond donors (Lipinski definition) is 3. The van der Waals surface area contributed by atoms with Crippen molar-refractivity contribution in [3.05, 3.63) is 29.3 Å². The summed E-state index contributed by atoms with van der Waals surface area (Å²) in [5.41, 5.74) is 5.86. The summed E-state index contributed by atoms with van der Waals surface area (Å²) in [6.45, 7) is 0.662. The molecule has 124 valence electrons. The van der Waals surface area contributed by atoms with E-state index >= 15 is 0 Å². The maximum atomic E-state index is 11.9. The fraction of sp³-hybridized carbons (Fsp3) is 0.400. The van der Waals surface area contributed by atoms with Crippen LogP contribution in [0.1, 0.15) is 25.7 Å². The van der Waals surface area contributed by atoms with Crippen LogP contribution in [-0.4, -0.2) is 34.9 Å². The first kappa shape index (κ1) is 17.5. The van der Waals surface area contributed by atoms with Gasteiger partial charge in [0.15, 0.2) is 5.11 Å². The number of carbonyl (C=O) groups excluding carboxylic acids is 2. The summed E-state index contributed by atoms with van der Waals surface area (Å²) in [6, 6.07) is 7.01. The van der Waals surface area contributed by atoms with Crippen molar-refractivity contribution < 1.29 is 9.59 Å². The van der Waals surface area contributed by atoms with Crippen molar-refractivity contribution in [2.45, 2.75) is 25.7 Å². The minimum atomic E-state index is -0.305. The first-order chi connectivity index (χ1) is 11.0. The van der Waals surface area contributed by atoms with Crippen molar-refractivity contribution in [3.8, 4) is 0 Å². The number of thiocarbonyl (C=S) groups is 1. The number of hydrazine groups is 1. The highest BCUT2D eigenvalue weighted by atomic mass is 35.5. The van der Waals surface area contributed by atoms with Gasteiger partial charge in [-0.1, -0.05) is 18.0 Å². The Balaban J connectivity index is 1.73. The second-order valence-electron chi connectivity index (χ2n) is 5.26. The van der Waals surface area contributed by atoms with Crippen LogP contribution in [0.15, 0.2) is 24.3 Å². The molecule has 2 rings (SSSR count).